The van der Waals surface area contributed by atoms with Crippen molar-refractivity contribution in [2.75, 3.05) is 18.0 Å². The minimum absolute atomic E-state index is 0.132. The number of aromatic nitrogens is 4. The van der Waals surface area contributed by atoms with E-state index in [1.54, 1.807) is 6.20 Å². The molecule has 2 aliphatic rings. The van der Waals surface area contributed by atoms with Crippen LogP contribution in [0.5, 0.6) is 0 Å². The zero-order chi connectivity index (χ0) is 20.9. The Morgan fingerprint density at radius 3 is 2.73 bits per heavy atom. The van der Waals surface area contributed by atoms with Gasteiger partial charge in [0, 0.05) is 30.5 Å². The Labute approximate surface area is 176 Å². The molecule has 1 saturated carbocycles. The van der Waals surface area contributed by atoms with Crippen LogP contribution in [0.2, 0.25) is 0 Å². The van der Waals surface area contributed by atoms with E-state index in [1.165, 1.54) is 12.0 Å². The lowest BCUT2D eigenvalue weighted by atomic mass is 9.65. The molecular formula is C24H27N5O. The molecule has 0 bridgehead atoms. The van der Waals surface area contributed by atoms with Crippen molar-refractivity contribution >= 4 is 16.7 Å². The Bertz CT molecular complexity index is 1130. The molecule has 3 heterocycles. The van der Waals surface area contributed by atoms with Crippen LogP contribution >= 0.6 is 0 Å². The van der Waals surface area contributed by atoms with E-state index in [2.05, 4.69) is 44.3 Å². The van der Waals surface area contributed by atoms with Crippen molar-refractivity contribution in [2.45, 2.75) is 50.5 Å². The van der Waals surface area contributed by atoms with E-state index in [0.717, 1.165) is 54.8 Å². The van der Waals surface area contributed by atoms with Gasteiger partial charge in [0.2, 0.25) is 0 Å². The zero-order valence-corrected chi connectivity index (χ0v) is 17.5. The largest absolute Gasteiger partial charge is 0.390 e. The number of hydrogen-bond donors (Lipinski definition) is 1. The topological polar surface area (TPSA) is 67.1 Å². The van der Waals surface area contributed by atoms with E-state index in [1.807, 2.05) is 30.8 Å². The van der Waals surface area contributed by atoms with E-state index < -0.39 is 5.60 Å². The van der Waals surface area contributed by atoms with Crippen molar-refractivity contribution in [3.05, 3.63) is 42.2 Å². The monoisotopic (exact) mass is 401 g/mol. The fraction of sp³-hybridized carbons (Fsp3) is 0.458. The lowest BCUT2D eigenvalue weighted by Gasteiger charge is -2.37. The number of anilines is 1. The van der Waals surface area contributed by atoms with Gasteiger partial charge in [0.25, 0.3) is 0 Å². The van der Waals surface area contributed by atoms with Crippen molar-refractivity contribution < 1.29 is 5.11 Å². The smallest absolute Gasteiger partial charge is 0.153 e. The minimum Gasteiger partial charge on any atom is -0.390 e. The summed E-state index contributed by atoms with van der Waals surface area (Å²) in [6.45, 7) is 5.39. The summed E-state index contributed by atoms with van der Waals surface area (Å²) in [6, 6.07) is 8.46. The summed E-state index contributed by atoms with van der Waals surface area (Å²) in [7, 11) is 0. The molecule has 30 heavy (non-hydrogen) atoms. The van der Waals surface area contributed by atoms with E-state index in [9.17, 15) is 5.11 Å². The first-order chi connectivity index (χ1) is 14.4. The van der Waals surface area contributed by atoms with Gasteiger partial charge >= 0.3 is 0 Å². The van der Waals surface area contributed by atoms with E-state index >= 15 is 0 Å². The van der Waals surface area contributed by atoms with Gasteiger partial charge in [-0.3, -0.25) is 0 Å². The SMILES string of the molecule is C#CC1(c2ccc3cnn(-c4cnnc(N5CC[C@@H](C(C)(C)O)C5)c4)c3c2)CCC1. The van der Waals surface area contributed by atoms with E-state index in [4.69, 9.17) is 6.42 Å². The predicted molar refractivity (Wildman–Crippen MR) is 118 cm³/mol. The van der Waals surface area contributed by atoms with Gasteiger partial charge in [-0.1, -0.05) is 18.1 Å². The second kappa shape index (κ2) is 6.82. The average Bonchev–Trinajstić information content (AvgIpc) is 3.35. The Morgan fingerprint density at radius 2 is 2.07 bits per heavy atom. The lowest BCUT2D eigenvalue weighted by Crippen LogP contribution is -2.33. The number of hydrogen-bond acceptors (Lipinski definition) is 5. The highest BCUT2D eigenvalue weighted by Gasteiger charge is 2.37. The third-order valence-electron chi connectivity index (χ3n) is 6.99. The van der Waals surface area contributed by atoms with Crippen molar-refractivity contribution in [1.29, 1.82) is 0 Å². The number of fused-ring (bicyclic) bond motifs is 1. The number of nitrogens with zero attached hydrogens (tertiary/aromatic N) is 5. The highest BCUT2D eigenvalue weighted by Crippen LogP contribution is 2.44. The molecule has 154 valence electrons. The maximum absolute atomic E-state index is 10.4. The average molecular weight is 402 g/mol. The van der Waals surface area contributed by atoms with Crippen molar-refractivity contribution in [3.63, 3.8) is 0 Å². The maximum atomic E-state index is 10.4. The summed E-state index contributed by atoms with van der Waals surface area (Å²) in [5.74, 6) is 4.07. The van der Waals surface area contributed by atoms with Crippen LogP contribution in [0.3, 0.4) is 0 Å². The molecule has 0 unspecified atom stereocenters. The summed E-state index contributed by atoms with van der Waals surface area (Å²) in [5, 5.41) is 24.6. The fourth-order valence-corrected chi connectivity index (χ4v) is 4.73. The van der Waals surface area contributed by atoms with Crippen LogP contribution in [-0.4, -0.2) is 43.8 Å². The van der Waals surface area contributed by atoms with Crippen LogP contribution in [-0.2, 0) is 5.41 Å². The molecule has 1 aliphatic heterocycles. The number of benzene rings is 1. The van der Waals surface area contributed by atoms with Crippen LogP contribution in [0.25, 0.3) is 16.6 Å². The Morgan fingerprint density at radius 1 is 1.23 bits per heavy atom. The molecule has 6 heteroatoms. The quantitative estimate of drug-likeness (QED) is 0.678. The molecule has 1 N–H and O–H groups in total. The zero-order valence-electron chi connectivity index (χ0n) is 17.5. The fourth-order valence-electron chi connectivity index (χ4n) is 4.73. The third-order valence-corrected chi connectivity index (χ3v) is 6.99. The minimum atomic E-state index is -0.692. The molecule has 2 aromatic heterocycles. The molecule has 1 aromatic carbocycles. The number of aliphatic hydroxyl groups is 1. The van der Waals surface area contributed by atoms with E-state index in [-0.39, 0.29) is 11.3 Å². The van der Waals surface area contributed by atoms with Gasteiger partial charge in [0.15, 0.2) is 5.82 Å². The lowest BCUT2D eigenvalue weighted by molar-refractivity contribution is 0.0263. The summed E-state index contributed by atoms with van der Waals surface area (Å²) in [5.41, 5.74) is 2.28. The summed E-state index contributed by atoms with van der Waals surface area (Å²) >= 11 is 0. The normalized spacial score (nSPS) is 20.9. The summed E-state index contributed by atoms with van der Waals surface area (Å²) in [4.78, 5) is 2.19. The Balaban J connectivity index is 1.49. The first-order valence-corrected chi connectivity index (χ1v) is 10.7. The van der Waals surface area contributed by atoms with E-state index in [0.29, 0.717) is 0 Å². The number of rotatable bonds is 4. The molecule has 0 spiro atoms. The van der Waals surface area contributed by atoms with Gasteiger partial charge in [-0.2, -0.15) is 10.2 Å². The molecule has 2 fully saturated rings. The standard InChI is InChI=1S/C24H27N5O/c1-4-24(9-5-10-24)18-7-6-17-14-26-29(21(17)12-18)20-13-22(27-25-15-20)28-11-8-19(16-28)23(2,3)30/h1,6-7,12-15,19,30H,5,8-11,16H2,2-3H3/t19-/m1/s1. The first kappa shape index (κ1) is 19.1. The maximum Gasteiger partial charge on any atom is 0.153 e. The van der Waals surface area contributed by atoms with Gasteiger partial charge in [0.1, 0.15) is 0 Å². The van der Waals surface area contributed by atoms with Crippen LogP contribution < -0.4 is 4.90 Å². The van der Waals surface area contributed by atoms with Crippen molar-refractivity contribution in [2.24, 2.45) is 5.92 Å². The molecule has 5 rings (SSSR count). The molecular weight excluding hydrogens is 374 g/mol. The second-order valence-electron chi connectivity index (χ2n) is 9.27. The predicted octanol–water partition coefficient (Wildman–Crippen LogP) is 3.47. The number of terminal acetylenes is 1. The van der Waals surface area contributed by atoms with Gasteiger partial charge < -0.3 is 10.0 Å². The highest BCUT2D eigenvalue weighted by atomic mass is 16.3. The molecule has 0 radical (unpaired) electrons. The molecule has 1 saturated heterocycles. The molecule has 1 atom stereocenters. The van der Waals surface area contributed by atoms with Crippen LogP contribution in [0.4, 0.5) is 5.82 Å². The van der Waals surface area contributed by atoms with Crippen LogP contribution in [0, 0.1) is 18.3 Å². The van der Waals surface area contributed by atoms with Gasteiger partial charge in [0.05, 0.1) is 34.6 Å². The molecule has 0 amide bonds. The van der Waals surface area contributed by atoms with Gasteiger partial charge in [-0.15, -0.1) is 11.5 Å². The first-order valence-electron chi connectivity index (χ1n) is 10.7. The molecule has 3 aromatic rings. The van der Waals surface area contributed by atoms with Crippen molar-refractivity contribution in [3.8, 4) is 18.0 Å². The van der Waals surface area contributed by atoms with Gasteiger partial charge in [-0.05, 0) is 51.2 Å². The second-order valence-corrected chi connectivity index (χ2v) is 9.27. The van der Waals surface area contributed by atoms with Crippen LogP contribution in [0.15, 0.2) is 36.7 Å². The molecule has 1 aliphatic carbocycles. The summed E-state index contributed by atoms with van der Waals surface area (Å²) < 4.78 is 1.92. The van der Waals surface area contributed by atoms with Gasteiger partial charge in [-0.25, -0.2) is 4.68 Å². The van der Waals surface area contributed by atoms with Crippen molar-refractivity contribution in [1.82, 2.24) is 20.0 Å². The highest BCUT2D eigenvalue weighted by molar-refractivity contribution is 5.81. The van der Waals surface area contributed by atoms with Crippen LogP contribution in [0.1, 0.15) is 45.1 Å². The Hall–Kier alpha value is -2.91. The summed E-state index contributed by atoms with van der Waals surface area (Å²) in [6.07, 6.45) is 13.7. The Kier molecular flexibility index (Phi) is 4.33. The molecule has 6 nitrogen and oxygen atoms in total. The third kappa shape index (κ3) is 3.05.